The number of amides is 1. The summed E-state index contributed by atoms with van der Waals surface area (Å²) in [5.74, 6) is 0.00149. The maximum atomic E-state index is 12.1. The van der Waals surface area contributed by atoms with Gasteiger partial charge in [-0.2, -0.15) is 5.26 Å². The fourth-order valence-corrected chi connectivity index (χ4v) is 2.13. The number of carbonyl (C=O) groups excluding carboxylic acids is 1. The summed E-state index contributed by atoms with van der Waals surface area (Å²) in [4.78, 5) is 13.4. The molecule has 0 aliphatic carbocycles. The molecule has 1 saturated heterocycles. The maximum Gasteiger partial charge on any atom is 0.282 e. The van der Waals surface area contributed by atoms with Crippen molar-refractivity contribution in [1.29, 1.82) is 5.26 Å². The van der Waals surface area contributed by atoms with E-state index in [2.05, 4.69) is 11.4 Å². The highest BCUT2D eigenvalue weighted by molar-refractivity contribution is 5.93. The van der Waals surface area contributed by atoms with Crippen molar-refractivity contribution in [2.45, 2.75) is 13.0 Å². The number of nitriles is 1. The highest BCUT2D eigenvalue weighted by Crippen LogP contribution is 2.08. The van der Waals surface area contributed by atoms with Gasteiger partial charge in [-0.1, -0.05) is 0 Å². The van der Waals surface area contributed by atoms with Gasteiger partial charge in [0.25, 0.3) is 5.91 Å². The van der Waals surface area contributed by atoms with Crippen molar-refractivity contribution >= 4 is 11.6 Å². The Kier molecular flexibility index (Phi) is 4.50. The summed E-state index contributed by atoms with van der Waals surface area (Å²) in [7, 11) is 0. The van der Waals surface area contributed by atoms with Gasteiger partial charge in [0.1, 0.15) is 13.1 Å². The van der Waals surface area contributed by atoms with E-state index in [0.29, 0.717) is 18.8 Å². The van der Waals surface area contributed by atoms with Gasteiger partial charge in [-0.25, -0.2) is 0 Å². The van der Waals surface area contributed by atoms with Gasteiger partial charge in [0.2, 0.25) is 0 Å². The topological polar surface area (TPSA) is 66.6 Å². The van der Waals surface area contributed by atoms with E-state index in [0.717, 1.165) is 18.8 Å². The summed E-state index contributed by atoms with van der Waals surface area (Å²) in [5, 5.41) is 11.6. The third-order valence-electron chi connectivity index (χ3n) is 3.42. The van der Waals surface area contributed by atoms with Crippen LogP contribution < -0.4 is 10.2 Å². The van der Waals surface area contributed by atoms with Crippen LogP contribution in [0.4, 0.5) is 5.69 Å². The molecule has 0 spiro atoms. The monoisotopic (exact) mass is 260 g/mol. The fraction of sp³-hybridized carbons (Fsp3) is 0.429. The van der Waals surface area contributed by atoms with Gasteiger partial charge in [-0.3, -0.25) is 4.79 Å². The van der Waals surface area contributed by atoms with Gasteiger partial charge < -0.3 is 15.0 Å². The third-order valence-corrected chi connectivity index (χ3v) is 3.42. The number of benzene rings is 1. The molecular weight excluding hydrogens is 242 g/mol. The summed E-state index contributed by atoms with van der Waals surface area (Å²) in [6.45, 7) is 5.08. The minimum absolute atomic E-state index is 0.00149. The first-order valence-corrected chi connectivity index (χ1v) is 6.44. The van der Waals surface area contributed by atoms with Crippen LogP contribution in [0.5, 0.6) is 0 Å². The van der Waals surface area contributed by atoms with Crippen molar-refractivity contribution in [3.8, 4) is 6.07 Å². The van der Waals surface area contributed by atoms with E-state index >= 15 is 0 Å². The first kappa shape index (κ1) is 13.5. The lowest BCUT2D eigenvalue weighted by atomic mass is 10.2. The minimum atomic E-state index is -0.0976. The average Bonchev–Trinajstić information content (AvgIpc) is 2.48. The number of nitrogens with zero attached hydrogens (tertiary/aromatic N) is 1. The number of carbonyl (C=O) groups is 1. The molecule has 19 heavy (non-hydrogen) atoms. The standard InChI is InChI=1S/C14H17N3O2/c1-11(17-6-8-19-9-7-17)14(18)16-13-4-2-12(10-15)3-5-13/h2-5,11H,6-9H2,1H3,(H,16,18)/p+1/t11-/m0/s1. The summed E-state index contributed by atoms with van der Waals surface area (Å²) in [5.41, 5.74) is 1.31. The first-order valence-electron chi connectivity index (χ1n) is 6.44. The lowest BCUT2D eigenvalue weighted by Crippen LogP contribution is -3.18. The quantitative estimate of drug-likeness (QED) is 0.791. The number of nitrogens with one attached hydrogen (secondary N) is 2. The number of anilines is 1. The van der Waals surface area contributed by atoms with Crippen LogP contribution in [0, 0.1) is 11.3 Å². The maximum absolute atomic E-state index is 12.1. The zero-order chi connectivity index (χ0) is 13.7. The van der Waals surface area contributed by atoms with Gasteiger partial charge in [0, 0.05) is 5.69 Å². The van der Waals surface area contributed by atoms with Gasteiger partial charge >= 0.3 is 0 Å². The molecule has 0 radical (unpaired) electrons. The molecule has 100 valence electrons. The Balaban J connectivity index is 1.93. The largest absolute Gasteiger partial charge is 0.370 e. The van der Waals surface area contributed by atoms with Crippen LogP contribution in [0.3, 0.4) is 0 Å². The van der Waals surface area contributed by atoms with E-state index in [-0.39, 0.29) is 11.9 Å². The van der Waals surface area contributed by atoms with E-state index < -0.39 is 0 Å². The van der Waals surface area contributed by atoms with Crippen molar-refractivity contribution in [2.75, 3.05) is 31.6 Å². The second kappa shape index (κ2) is 6.32. The molecular formula is C14H18N3O2+. The second-order valence-electron chi connectivity index (χ2n) is 4.67. The van der Waals surface area contributed by atoms with E-state index in [1.165, 1.54) is 4.90 Å². The lowest BCUT2D eigenvalue weighted by Gasteiger charge is -2.28. The lowest BCUT2D eigenvalue weighted by molar-refractivity contribution is -0.921. The number of rotatable bonds is 3. The van der Waals surface area contributed by atoms with Gasteiger partial charge in [0.05, 0.1) is 24.8 Å². The van der Waals surface area contributed by atoms with Crippen LogP contribution in [0.25, 0.3) is 0 Å². The summed E-state index contributed by atoms with van der Waals surface area (Å²) in [6, 6.07) is 8.84. The van der Waals surface area contributed by atoms with Crippen molar-refractivity contribution in [3.63, 3.8) is 0 Å². The van der Waals surface area contributed by atoms with Gasteiger partial charge in [0.15, 0.2) is 6.04 Å². The van der Waals surface area contributed by atoms with E-state index in [4.69, 9.17) is 10.00 Å². The highest BCUT2D eigenvalue weighted by atomic mass is 16.5. The first-order chi connectivity index (χ1) is 9.20. The van der Waals surface area contributed by atoms with E-state index in [1.54, 1.807) is 24.3 Å². The number of quaternary nitrogens is 1. The summed E-state index contributed by atoms with van der Waals surface area (Å²) < 4.78 is 5.29. The van der Waals surface area contributed by atoms with Gasteiger partial charge in [-0.05, 0) is 31.2 Å². The van der Waals surface area contributed by atoms with Crippen LogP contribution >= 0.6 is 0 Å². The Morgan fingerprint density at radius 1 is 1.37 bits per heavy atom. The SMILES string of the molecule is C[C@@H](C(=O)Nc1ccc(C#N)cc1)[NH+]1CCOCC1. The van der Waals surface area contributed by atoms with Crippen molar-refractivity contribution in [1.82, 2.24) is 0 Å². The predicted octanol–water partition coefficient (Wildman–Crippen LogP) is -0.200. The Labute approximate surface area is 112 Å². The van der Waals surface area contributed by atoms with Crippen LogP contribution in [-0.2, 0) is 9.53 Å². The smallest absolute Gasteiger partial charge is 0.282 e. The molecule has 0 saturated carbocycles. The van der Waals surface area contributed by atoms with Crippen LogP contribution in [-0.4, -0.2) is 38.3 Å². The van der Waals surface area contributed by atoms with E-state index in [1.807, 2.05) is 6.92 Å². The molecule has 2 rings (SSSR count). The molecule has 5 heteroatoms. The molecule has 1 amide bonds. The molecule has 5 nitrogen and oxygen atoms in total. The predicted molar refractivity (Wildman–Crippen MR) is 70.8 cm³/mol. The molecule has 0 bridgehead atoms. The highest BCUT2D eigenvalue weighted by Gasteiger charge is 2.26. The van der Waals surface area contributed by atoms with Crippen LogP contribution in [0.15, 0.2) is 24.3 Å². The molecule has 1 aliphatic heterocycles. The number of hydrogen-bond donors (Lipinski definition) is 2. The summed E-state index contributed by atoms with van der Waals surface area (Å²) in [6.07, 6.45) is 0. The normalized spacial score (nSPS) is 17.5. The molecule has 2 N–H and O–H groups in total. The Morgan fingerprint density at radius 2 is 2.00 bits per heavy atom. The van der Waals surface area contributed by atoms with Crippen molar-refractivity contribution in [2.24, 2.45) is 0 Å². The fourth-order valence-electron chi connectivity index (χ4n) is 2.13. The number of hydrogen-bond acceptors (Lipinski definition) is 3. The minimum Gasteiger partial charge on any atom is -0.370 e. The molecule has 1 aliphatic rings. The van der Waals surface area contributed by atoms with Crippen molar-refractivity contribution < 1.29 is 14.4 Å². The average molecular weight is 260 g/mol. The summed E-state index contributed by atoms with van der Waals surface area (Å²) >= 11 is 0. The Hall–Kier alpha value is -1.90. The molecule has 1 aromatic rings. The van der Waals surface area contributed by atoms with Crippen molar-refractivity contribution in [3.05, 3.63) is 29.8 Å². The van der Waals surface area contributed by atoms with Crippen LogP contribution in [0.1, 0.15) is 12.5 Å². The number of morpholine rings is 1. The van der Waals surface area contributed by atoms with Gasteiger partial charge in [-0.15, -0.1) is 0 Å². The molecule has 0 unspecified atom stereocenters. The molecule has 1 aromatic carbocycles. The molecule has 0 aromatic heterocycles. The molecule has 1 fully saturated rings. The second-order valence-corrected chi connectivity index (χ2v) is 4.67. The molecule has 1 heterocycles. The Bertz CT molecular complexity index is 472. The third kappa shape index (κ3) is 3.53. The Morgan fingerprint density at radius 3 is 2.58 bits per heavy atom. The molecule has 1 atom stereocenters. The zero-order valence-electron chi connectivity index (χ0n) is 11.0. The zero-order valence-corrected chi connectivity index (χ0v) is 11.0. The number of ether oxygens (including phenoxy) is 1. The van der Waals surface area contributed by atoms with Crippen LogP contribution in [0.2, 0.25) is 0 Å². The van der Waals surface area contributed by atoms with E-state index in [9.17, 15) is 4.79 Å².